The Labute approximate surface area is 173 Å². The summed E-state index contributed by atoms with van der Waals surface area (Å²) in [6.45, 7) is 6.35. The Bertz CT molecular complexity index is 788. The highest BCUT2D eigenvalue weighted by Gasteiger charge is 2.29. The first kappa shape index (κ1) is 22.2. The van der Waals surface area contributed by atoms with Crippen LogP contribution < -0.4 is 10.1 Å². The van der Waals surface area contributed by atoms with Gasteiger partial charge in [0, 0.05) is 25.9 Å². The van der Waals surface area contributed by atoms with E-state index >= 15 is 0 Å². The van der Waals surface area contributed by atoms with Crippen LogP contribution in [0.5, 0.6) is 5.75 Å². The molecule has 0 aliphatic heterocycles. The van der Waals surface area contributed by atoms with E-state index in [1.165, 1.54) is 0 Å². The van der Waals surface area contributed by atoms with Crippen LogP contribution in [0.4, 0.5) is 0 Å². The first-order valence-electron chi connectivity index (χ1n) is 9.94. The lowest BCUT2D eigenvalue weighted by Crippen LogP contribution is -2.50. The molecule has 0 spiro atoms. The minimum atomic E-state index is -0.599. The predicted molar refractivity (Wildman–Crippen MR) is 116 cm³/mol. The van der Waals surface area contributed by atoms with Crippen LogP contribution in [0.1, 0.15) is 30.9 Å². The molecule has 0 bridgehead atoms. The molecule has 0 aliphatic carbocycles. The summed E-state index contributed by atoms with van der Waals surface area (Å²) in [5, 5.41) is 2.86. The first-order chi connectivity index (χ1) is 14.1. The maximum Gasteiger partial charge on any atom is 0.243 e. The fraction of sp³-hybridized carbons (Fsp3) is 0.333. The highest BCUT2D eigenvalue weighted by Crippen LogP contribution is 2.18. The molecule has 5 nitrogen and oxygen atoms in total. The van der Waals surface area contributed by atoms with Crippen LogP contribution in [0.25, 0.3) is 0 Å². The largest absolute Gasteiger partial charge is 0.497 e. The third-order valence-corrected chi connectivity index (χ3v) is 4.67. The molecule has 0 fully saturated rings. The summed E-state index contributed by atoms with van der Waals surface area (Å²) in [7, 11) is 1.62. The zero-order valence-electron chi connectivity index (χ0n) is 17.3. The third-order valence-electron chi connectivity index (χ3n) is 4.67. The standard InChI is InChI=1S/C24H30N2O3/c1-4-9-23(27)26(18-20-12-14-21(29-3)15-13-20)22(24(28)25-16-5-2)17-19-10-7-6-8-11-19/h5-8,10-15,22H,2,4,9,16-18H2,1,3H3,(H,25,28)/t22-/m1/s1. The summed E-state index contributed by atoms with van der Waals surface area (Å²) in [4.78, 5) is 27.6. The van der Waals surface area contributed by atoms with Gasteiger partial charge in [-0.05, 0) is 29.7 Å². The van der Waals surface area contributed by atoms with Crippen molar-refractivity contribution in [2.45, 2.75) is 38.8 Å². The van der Waals surface area contributed by atoms with Crippen molar-refractivity contribution in [2.75, 3.05) is 13.7 Å². The smallest absolute Gasteiger partial charge is 0.243 e. The van der Waals surface area contributed by atoms with Crippen LogP contribution in [0.15, 0.2) is 67.3 Å². The van der Waals surface area contributed by atoms with Gasteiger partial charge < -0.3 is 15.0 Å². The van der Waals surface area contributed by atoms with E-state index in [1.807, 2.05) is 61.5 Å². The molecule has 2 rings (SSSR count). The monoisotopic (exact) mass is 394 g/mol. The van der Waals surface area contributed by atoms with Gasteiger partial charge in [-0.1, -0.05) is 55.5 Å². The van der Waals surface area contributed by atoms with Gasteiger partial charge in [-0.2, -0.15) is 0 Å². The second-order valence-corrected chi connectivity index (χ2v) is 6.86. The second-order valence-electron chi connectivity index (χ2n) is 6.86. The highest BCUT2D eigenvalue weighted by atomic mass is 16.5. The van der Waals surface area contributed by atoms with E-state index < -0.39 is 6.04 Å². The number of benzene rings is 2. The Morgan fingerprint density at radius 1 is 1.10 bits per heavy atom. The van der Waals surface area contributed by atoms with E-state index in [1.54, 1.807) is 18.1 Å². The minimum Gasteiger partial charge on any atom is -0.497 e. The molecule has 0 unspecified atom stereocenters. The molecule has 29 heavy (non-hydrogen) atoms. The van der Waals surface area contributed by atoms with E-state index in [-0.39, 0.29) is 11.8 Å². The van der Waals surface area contributed by atoms with Crippen molar-refractivity contribution in [1.29, 1.82) is 0 Å². The molecule has 2 aromatic rings. The van der Waals surface area contributed by atoms with Gasteiger partial charge in [0.05, 0.1) is 7.11 Å². The molecule has 0 aromatic heterocycles. The molecule has 1 atom stereocenters. The summed E-state index contributed by atoms with van der Waals surface area (Å²) in [5.41, 5.74) is 1.96. The predicted octanol–water partition coefficient (Wildman–Crippen LogP) is 3.74. The van der Waals surface area contributed by atoms with Gasteiger partial charge in [0.2, 0.25) is 11.8 Å². The quantitative estimate of drug-likeness (QED) is 0.591. The van der Waals surface area contributed by atoms with Gasteiger partial charge in [0.1, 0.15) is 11.8 Å². The zero-order valence-corrected chi connectivity index (χ0v) is 17.3. The van der Waals surface area contributed by atoms with Crippen LogP contribution in [0.2, 0.25) is 0 Å². The lowest BCUT2D eigenvalue weighted by atomic mass is 10.0. The van der Waals surface area contributed by atoms with Gasteiger partial charge in [-0.25, -0.2) is 0 Å². The zero-order chi connectivity index (χ0) is 21.1. The van der Waals surface area contributed by atoms with Crippen LogP contribution in [-0.2, 0) is 22.6 Å². The van der Waals surface area contributed by atoms with Crippen LogP contribution in [0.3, 0.4) is 0 Å². The average molecular weight is 395 g/mol. The van der Waals surface area contributed by atoms with Gasteiger partial charge in [0.25, 0.3) is 0 Å². The lowest BCUT2D eigenvalue weighted by molar-refractivity contribution is -0.141. The Balaban J connectivity index is 2.33. The maximum absolute atomic E-state index is 13.0. The number of hydrogen-bond acceptors (Lipinski definition) is 3. The number of amides is 2. The molecule has 2 amide bonds. The average Bonchev–Trinajstić information content (AvgIpc) is 2.75. The summed E-state index contributed by atoms with van der Waals surface area (Å²) in [6, 6.07) is 16.7. The number of methoxy groups -OCH3 is 1. The van der Waals surface area contributed by atoms with E-state index in [4.69, 9.17) is 4.74 Å². The normalized spacial score (nSPS) is 11.4. The Morgan fingerprint density at radius 3 is 2.38 bits per heavy atom. The molecule has 2 aromatic carbocycles. The number of nitrogens with one attached hydrogen (secondary N) is 1. The van der Waals surface area contributed by atoms with E-state index in [0.29, 0.717) is 25.9 Å². The fourth-order valence-corrected chi connectivity index (χ4v) is 3.13. The Morgan fingerprint density at radius 2 is 1.79 bits per heavy atom. The Kier molecular flexibility index (Phi) is 8.96. The summed E-state index contributed by atoms with van der Waals surface area (Å²) < 4.78 is 5.22. The van der Waals surface area contributed by atoms with Crippen molar-refractivity contribution in [3.63, 3.8) is 0 Å². The topological polar surface area (TPSA) is 58.6 Å². The number of carbonyl (C=O) groups is 2. The van der Waals surface area contributed by atoms with Gasteiger partial charge in [0.15, 0.2) is 0 Å². The van der Waals surface area contributed by atoms with E-state index in [0.717, 1.165) is 23.3 Å². The molecule has 0 heterocycles. The molecule has 0 saturated carbocycles. The first-order valence-corrected chi connectivity index (χ1v) is 9.94. The summed E-state index contributed by atoms with van der Waals surface area (Å²) in [5.74, 6) is 0.550. The number of hydrogen-bond donors (Lipinski definition) is 1. The van der Waals surface area contributed by atoms with Crippen molar-refractivity contribution >= 4 is 11.8 Å². The lowest BCUT2D eigenvalue weighted by Gasteiger charge is -2.31. The number of nitrogens with zero attached hydrogens (tertiary/aromatic N) is 1. The molecule has 1 N–H and O–H groups in total. The van der Waals surface area contributed by atoms with E-state index in [2.05, 4.69) is 11.9 Å². The van der Waals surface area contributed by atoms with Gasteiger partial charge in [-0.3, -0.25) is 9.59 Å². The third kappa shape index (κ3) is 6.79. The maximum atomic E-state index is 13.0. The van der Waals surface area contributed by atoms with Crippen molar-refractivity contribution in [2.24, 2.45) is 0 Å². The van der Waals surface area contributed by atoms with Crippen molar-refractivity contribution in [3.05, 3.63) is 78.4 Å². The van der Waals surface area contributed by atoms with Crippen LogP contribution in [0, 0.1) is 0 Å². The van der Waals surface area contributed by atoms with Crippen LogP contribution in [-0.4, -0.2) is 36.4 Å². The molecule has 0 radical (unpaired) electrons. The summed E-state index contributed by atoms with van der Waals surface area (Å²) >= 11 is 0. The number of ether oxygens (including phenoxy) is 1. The molecule has 0 saturated heterocycles. The van der Waals surface area contributed by atoms with Crippen molar-refractivity contribution < 1.29 is 14.3 Å². The number of rotatable bonds is 11. The van der Waals surface area contributed by atoms with E-state index in [9.17, 15) is 9.59 Å². The molecule has 5 heteroatoms. The summed E-state index contributed by atoms with van der Waals surface area (Å²) in [6.07, 6.45) is 3.22. The highest BCUT2D eigenvalue weighted by molar-refractivity contribution is 5.88. The van der Waals surface area contributed by atoms with Gasteiger partial charge in [-0.15, -0.1) is 6.58 Å². The molecule has 154 valence electrons. The number of carbonyl (C=O) groups excluding carboxylic acids is 2. The SMILES string of the molecule is C=CCNC(=O)[C@@H](Cc1ccccc1)N(Cc1ccc(OC)cc1)C(=O)CCC. The van der Waals surface area contributed by atoms with Crippen molar-refractivity contribution in [1.82, 2.24) is 10.2 Å². The van der Waals surface area contributed by atoms with Crippen LogP contribution >= 0.6 is 0 Å². The Hall–Kier alpha value is -3.08. The second kappa shape index (κ2) is 11.7. The fourth-order valence-electron chi connectivity index (χ4n) is 3.13. The van der Waals surface area contributed by atoms with Crippen molar-refractivity contribution in [3.8, 4) is 5.75 Å². The molecule has 0 aliphatic rings. The molecular weight excluding hydrogens is 364 g/mol. The van der Waals surface area contributed by atoms with Gasteiger partial charge >= 0.3 is 0 Å². The minimum absolute atomic E-state index is 0.0296. The molecular formula is C24H30N2O3.